The van der Waals surface area contributed by atoms with Crippen LogP contribution in [0.15, 0.2) is 28.0 Å². The number of carbonyl (C=O) groups excluding carboxylic acids is 3. The van der Waals surface area contributed by atoms with Crippen LogP contribution in [0.4, 0.5) is 5.00 Å². The molecule has 1 saturated carbocycles. The van der Waals surface area contributed by atoms with Crippen molar-refractivity contribution in [2.75, 3.05) is 17.7 Å². The van der Waals surface area contributed by atoms with Crippen molar-refractivity contribution < 1.29 is 23.5 Å². The molecule has 2 aliphatic rings. The number of aromatic nitrogens is 3. The Morgan fingerprint density at radius 1 is 1.12 bits per heavy atom. The Morgan fingerprint density at radius 3 is 2.70 bits per heavy atom. The van der Waals surface area contributed by atoms with Crippen LogP contribution in [0.5, 0.6) is 0 Å². The van der Waals surface area contributed by atoms with E-state index in [0.717, 1.165) is 63.4 Å². The second-order valence-electron chi connectivity index (χ2n) is 10.0. The third-order valence-electron chi connectivity index (χ3n) is 7.31. The molecular weight excluding hydrogens is 550 g/mol. The smallest absolute Gasteiger partial charge is 0.341 e. The fourth-order valence-corrected chi connectivity index (χ4v) is 7.55. The summed E-state index contributed by atoms with van der Waals surface area (Å²) >= 11 is 2.81. The standard InChI is InChI=1S/C28H35N5O5S2/c1-2-37-27(36)24-19-12-7-4-8-14-21(19)40-26(24)30-23(34)17-39-28-32-31-22(33(28)18-10-5-3-6-11-18)16-29-25(35)20-13-9-15-38-20/h9,13,15,18H,2-8,10-12,14,16-17H2,1H3,(H,29,35)(H,30,34). The quantitative estimate of drug-likeness (QED) is 0.180. The minimum atomic E-state index is -0.372. The van der Waals surface area contributed by atoms with Gasteiger partial charge in [0.25, 0.3) is 5.91 Å². The maximum absolute atomic E-state index is 13.1. The van der Waals surface area contributed by atoms with Crippen molar-refractivity contribution in [3.05, 3.63) is 46.0 Å². The van der Waals surface area contributed by atoms with Crippen LogP contribution in [0, 0.1) is 0 Å². The molecule has 10 nitrogen and oxygen atoms in total. The average molecular weight is 586 g/mol. The van der Waals surface area contributed by atoms with Crippen molar-refractivity contribution in [1.29, 1.82) is 0 Å². The average Bonchev–Trinajstić information content (AvgIpc) is 3.67. The second-order valence-corrected chi connectivity index (χ2v) is 12.1. The molecule has 0 atom stereocenters. The first kappa shape index (κ1) is 28.4. The van der Waals surface area contributed by atoms with E-state index >= 15 is 0 Å². The number of esters is 1. The molecule has 40 heavy (non-hydrogen) atoms. The molecule has 12 heteroatoms. The van der Waals surface area contributed by atoms with Crippen LogP contribution in [-0.4, -0.2) is 44.9 Å². The Hall–Kier alpha value is -3.12. The van der Waals surface area contributed by atoms with E-state index in [4.69, 9.17) is 9.15 Å². The number of fused-ring (bicyclic) bond motifs is 1. The van der Waals surface area contributed by atoms with E-state index in [0.29, 0.717) is 21.5 Å². The monoisotopic (exact) mass is 585 g/mol. The number of hydrogen-bond acceptors (Lipinski definition) is 9. The number of anilines is 1. The number of hydrogen-bond donors (Lipinski definition) is 2. The lowest BCUT2D eigenvalue weighted by atomic mass is 9.95. The molecule has 3 aromatic rings. The largest absolute Gasteiger partial charge is 0.462 e. The zero-order chi connectivity index (χ0) is 27.9. The van der Waals surface area contributed by atoms with E-state index in [-0.39, 0.29) is 48.5 Å². The summed E-state index contributed by atoms with van der Waals surface area (Å²) < 4.78 is 12.6. The molecule has 0 saturated heterocycles. The van der Waals surface area contributed by atoms with Gasteiger partial charge in [-0.15, -0.1) is 21.5 Å². The number of nitrogens with one attached hydrogen (secondary N) is 2. The highest BCUT2D eigenvalue weighted by Gasteiger charge is 2.28. The highest BCUT2D eigenvalue weighted by Crippen LogP contribution is 2.38. The summed E-state index contributed by atoms with van der Waals surface area (Å²) in [5.74, 6) is 0.114. The predicted molar refractivity (Wildman–Crippen MR) is 153 cm³/mol. The molecule has 5 rings (SSSR count). The lowest BCUT2D eigenvalue weighted by Gasteiger charge is -2.25. The van der Waals surface area contributed by atoms with Crippen molar-refractivity contribution in [1.82, 2.24) is 20.1 Å². The SMILES string of the molecule is CCOC(=O)c1c(NC(=O)CSc2nnc(CNC(=O)c3ccco3)n2C2CCCCC2)sc2c1CCCCC2. The van der Waals surface area contributed by atoms with E-state index in [2.05, 4.69) is 25.4 Å². The summed E-state index contributed by atoms with van der Waals surface area (Å²) in [5.41, 5.74) is 1.55. The molecule has 0 bridgehead atoms. The van der Waals surface area contributed by atoms with Crippen molar-refractivity contribution >= 4 is 45.9 Å². The minimum absolute atomic E-state index is 0.119. The summed E-state index contributed by atoms with van der Waals surface area (Å²) in [4.78, 5) is 39.6. The van der Waals surface area contributed by atoms with Crippen LogP contribution in [0.3, 0.4) is 0 Å². The minimum Gasteiger partial charge on any atom is -0.462 e. The molecule has 0 aromatic carbocycles. The Bertz CT molecular complexity index is 1330. The van der Waals surface area contributed by atoms with E-state index < -0.39 is 0 Å². The lowest BCUT2D eigenvalue weighted by Crippen LogP contribution is -2.26. The molecule has 0 unspecified atom stereocenters. The zero-order valence-corrected chi connectivity index (χ0v) is 24.3. The van der Waals surface area contributed by atoms with Gasteiger partial charge in [-0.05, 0) is 63.1 Å². The number of rotatable bonds is 10. The van der Waals surface area contributed by atoms with Crippen LogP contribution < -0.4 is 10.6 Å². The number of thiophene rings is 1. The van der Waals surface area contributed by atoms with Gasteiger partial charge in [0, 0.05) is 10.9 Å². The number of furan rings is 1. The Balaban J connectivity index is 1.29. The van der Waals surface area contributed by atoms with E-state index in [9.17, 15) is 14.4 Å². The summed E-state index contributed by atoms with van der Waals surface area (Å²) in [6, 6.07) is 3.50. The first-order chi connectivity index (χ1) is 19.5. The molecule has 3 heterocycles. The molecule has 0 aliphatic heterocycles. The van der Waals surface area contributed by atoms with E-state index in [1.165, 1.54) is 40.7 Å². The first-order valence-electron chi connectivity index (χ1n) is 14.0. The molecule has 2 amide bonds. The van der Waals surface area contributed by atoms with E-state index in [1.807, 2.05) is 0 Å². The summed E-state index contributed by atoms with van der Waals surface area (Å²) in [7, 11) is 0. The van der Waals surface area contributed by atoms with Gasteiger partial charge < -0.3 is 24.4 Å². The van der Waals surface area contributed by atoms with Gasteiger partial charge in [-0.25, -0.2) is 4.79 Å². The van der Waals surface area contributed by atoms with Crippen LogP contribution in [-0.2, 0) is 28.9 Å². The highest BCUT2D eigenvalue weighted by molar-refractivity contribution is 7.99. The van der Waals surface area contributed by atoms with Crippen molar-refractivity contribution in [3.8, 4) is 0 Å². The molecule has 214 valence electrons. The van der Waals surface area contributed by atoms with Gasteiger partial charge in [0.05, 0.1) is 30.7 Å². The number of thioether (sulfide) groups is 1. The Morgan fingerprint density at radius 2 is 1.93 bits per heavy atom. The van der Waals surface area contributed by atoms with Crippen LogP contribution in [0.1, 0.15) is 102 Å². The third kappa shape index (κ3) is 6.60. The van der Waals surface area contributed by atoms with Crippen LogP contribution in [0.2, 0.25) is 0 Å². The molecule has 2 N–H and O–H groups in total. The normalized spacial score (nSPS) is 15.7. The zero-order valence-electron chi connectivity index (χ0n) is 22.7. The Kier molecular flexibility index (Phi) is 9.58. The van der Waals surface area contributed by atoms with Crippen LogP contribution >= 0.6 is 23.1 Å². The first-order valence-corrected chi connectivity index (χ1v) is 15.8. The highest BCUT2D eigenvalue weighted by atomic mass is 32.2. The maximum Gasteiger partial charge on any atom is 0.341 e. The second kappa shape index (κ2) is 13.5. The van der Waals surface area contributed by atoms with Gasteiger partial charge in [0.15, 0.2) is 16.7 Å². The summed E-state index contributed by atoms with van der Waals surface area (Å²) in [6.45, 7) is 2.28. The summed E-state index contributed by atoms with van der Waals surface area (Å²) in [5, 5.41) is 15.8. The third-order valence-corrected chi connectivity index (χ3v) is 9.46. The number of amides is 2. The fraction of sp³-hybridized carbons (Fsp3) is 0.536. The number of aryl methyl sites for hydroxylation is 1. The molecule has 0 spiro atoms. The molecular formula is C28H35N5O5S2. The van der Waals surface area contributed by atoms with Crippen molar-refractivity contribution in [2.45, 2.75) is 88.9 Å². The predicted octanol–water partition coefficient (Wildman–Crippen LogP) is 5.54. The van der Waals surface area contributed by atoms with Crippen molar-refractivity contribution in [3.63, 3.8) is 0 Å². The van der Waals surface area contributed by atoms with Gasteiger partial charge in [0.1, 0.15) is 5.00 Å². The van der Waals surface area contributed by atoms with Crippen molar-refractivity contribution in [2.24, 2.45) is 0 Å². The number of carbonyl (C=O) groups is 3. The summed E-state index contributed by atoms with van der Waals surface area (Å²) in [6.07, 6.45) is 11.9. The van der Waals surface area contributed by atoms with Gasteiger partial charge in [-0.2, -0.15) is 0 Å². The number of nitrogens with zero attached hydrogens (tertiary/aromatic N) is 3. The molecule has 0 radical (unpaired) electrons. The molecule has 2 aliphatic carbocycles. The molecule has 3 aromatic heterocycles. The lowest BCUT2D eigenvalue weighted by molar-refractivity contribution is -0.113. The van der Waals surface area contributed by atoms with E-state index in [1.54, 1.807) is 19.1 Å². The van der Waals surface area contributed by atoms with Gasteiger partial charge in [-0.1, -0.05) is 37.4 Å². The maximum atomic E-state index is 13.1. The van der Waals surface area contributed by atoms with Gasteiger partial charge >= 0.3 is 5.97 Å². The van der Waals surface area contributed by atoms with Crippen LogP contribution in [0.25, 0.3) is 0 Å². The molecule has 1 fully saturated rings. The fourth-order valence-electron chi connectivity index (χ4n) is 5.43. The topological polar surface area (TPSA) is 128 Å². The van der Waals surface area contributed by atoms with Gasteiger partial charge in [0.2, 0.25) is 5.91 Å². The van der Waals surface area contributed by atoms with Gasteiger partial charge in [-0.3, -0.25) is 9.59 Å². The number of ether oxygens (including phenoxy) is 1. The Labute approximate surface area is 241 Å².